The van der Waals surface area contributed by atoms with Gasteiger partial charge in [-0.05, 0) is 30.7 Å². The van der Waals surface area contributed by atoms with Crippen LogP contribution < -0.4 is 16.0 Å². The number of aromatic nitrogens is 1. The minimum Gasteiger partial charge on any atom is -0.398 e. The Labute approximate surface area is 124 Å². The summed E-state index contributed by atoms with van der Waals surface area (Å²) in [6.07, 6.45) is 1.65. The summed E-state index contributed by atoms with van der Waals surface area (Å²) in [7, 11) is 1.60. The number of carbonyl (C=O) groups is 1. The molecule has 0 unspecified atom stereocenters. The van der Waals surface area contributed by atoms with Crippen molar-refractivity contribution in [3.63, 3.8) is 0 Å². The van der Waals surface area contributed by atoms with E-state index in [4.69, 9.17) is 5.73 Å². The van der Waals surface area contributed by atoms with E-state index in [1.807, 2.05) is 30.3 Å². The fraction of sp³-hybridized carbons (Fsp3) is 0.250. The first-order chi connectivity index (χ1) is 10.2. The van der Waals surface area contributed by atoms with Gasteiger partial charge in [-0.15, -0.1) is 0 Å². The SMILES string of the molecule is CCN(Cc1ccccc1N)c1ccnc(C(=O)NC)c1. The lowest BCUT2D eigenvalue weighted by Gasteiger charge is -2.24. The summed E-state index contributed by atoms with van der Waals surface area (Å²) >= 11 is 0. The van der Waals surface area contributed by atoms with Crippen molar-refractivity contribution < 1.29 is 4.79 Å². The van der Waals surface area contributed by atoms with Crippen LogP contribution in [0.3, 0.4) is 0 Å². The first-order valence-corrected chi connectivity index (χ1v) is 6.92. The van der Waals surface area contributed by atoms with Crippen LogP contribution in [0.2, 0.25) is 0 Å². The third-order valence-electron chi connectivity index (χ3n) is 3.37. The Kier molecular flexibility index (Phi) is 4.77. The summed E-state index contributed by atoms with van der Waals surface area (Å²) < 4.78 is 0. The molecule has 0 saturated carbocycles. The van der Waals surface area contributed by atoms with Gasteiger partial charge >= 0.3 is 0 Å². The molecule has 1 heterocycles. The number of hydrogen-bond donors (Lipinski definition) is 2. The van der Waals surface area contributed by atoms with Crippen LogP contribution in [0.5, 0.6) is 0 Å². The van der Waals surface area contributed by atoms with Crippen molar-refractivity contribution in [1.29, 1.82) is 0 Å². The Morgan fingerprint density at radius 2 is 2.10 bits per heavy atom. The van der Waals surface area contributed by atoms with Crippen molar-refractivity contribution in [2.45, 2.75) is 13.5 Å². The molecular weight excluding hydrogens is 264 g/mol. The molecule has 5 nitrogen and oxygen atoms in total. The van der Waals surface area contributed by atoms with Crippen LogP contribution in [0.1, 0.15) is 23.0 Å². The van der Waals surface area contributed by atoms with Crippen molar-refractivity contribution in [3.8, 4) is 0 Å². The van der Waals surface area contributed by atoms with Crippen molar-refractivity contribution >= 4 is 17.3 Å². The van der Waals surface area contributed by atoms with Crippen LogP contribution >= 0.6 is 0 Å². The minimum atomic E-state index is -0.188. The number of nitrogens with two attached hydrogens (primary N) is 1. The molecule has 5 heteroatoms. The predicted molar refractivity (Wildman–Crippen MR) is 85.2 cm³/mol. The van der Waals surface area contributed by atoms with Crippen LogP contribution in [0.4, 0.5) is 11.4 Å². The van der Waals surface area contributed by atoms with E-state index < -0.39 is 0 Å². The van der Waals surface area contributed by atoms with E-state index in [0.717, 1.165) is 23.5 Å². The lowest BCUT2D eigenvalue weighted by atomic mass is 10.1. The van der Waals surface area contributed by atoms with Crippen molar-refractivity contribution in [3.05, 3.63) is 53.9 Å². The molecule has 1 aromatic carbocycles. The molecule has 1 amide bonds. The highest BCUT2D eigenvalue weighted by Gasteiger charge is 2.11. The van der Waals surface area contributed by atoms with Gasteiger partial charge in [-0.2, -0.15) is 0 Å². The lowest BCUT2D eigenvalue weighted by Crippen LogP contribution is -2.24. The smallest absolute Gasteiger partial charge is 0.269 e. The van der Waals surface area contributed by atoms with Gasteiger partial charge in [0, 0.05) is 37.7 Å². The van der Waals surface area contributed by atoms with Gasteiger partial charge in [-0.25, -0.2) is 0 Å². The van der Waals surface area contributed by atoms with Crippen LogP contribution in [-0.2, 0) is 6.54 Å². The molecule has 0 atom stereocenters. The van der Waals surface area contributed by atoms with Crippen molar-refractivity contribution in [2.24, 2.45) is 0 Å². The number of carbonyl (C=O) groups excluding carboxylic acids is 1. The molecule has 0 bridgehead atoms. The highest BCUT2D eigenvalue weighted by Crippen LogP contribution is 2.20. The molecule has 110 valence electrons. The molecule has 2 aromatic rings. The number of benzene rings is 1. The number of hydrogen-bond acceptors (Lipinski definition) is 4. The lowest BCUT2D eigenvalue weighted by molar-refractivity contribution is 0.0958. The first-order valence-electron chi connectivity index (χ1n) is 6.92. The fourth-order valence-corrected chi connectivity index (χ4v) is 2.14. The van der Waals surface area contributed by atoms with Crippen LogP contribution in [-0.4, -0.2) is 24.5 Å². The van der Waals surface area contributed by atoms with E-state index in [2.05, 4.69) is 22.1 Å². The molecular formula is C16H20N4O. The topological polar surface area (TPSA) is 71.2 Å². The minimum absolute atomic E-state index is 0.188. The second-order valence-corrected chi connectivity index (χ2v) is 4.69. The van der Waals surface area contributed by atoms with Crippen LogP contribution in [0.15, 0.2) is 42.6 Å². The Balaban J connectivity index is 2.25. The number of rotatable bonds is 5. The maximum absolute atomic E-state index is 11.7. The average molecular weight is 284 g/mol. The summed E-state index contributed by atoms with van der Waals surface area (Å²) in [5.74, 6) is -0.188. The monoisotopic (exact) mass is 284 g/mol. The summed E-state index contributed by atoms with van der Waals surface area (Å²) in [5.41, 5.74) is 9.20. The highest BCUT2D eigenvalue weighted by atomic mass is 16.1. The van der Waals surface area contributed by atoms with E-state index in [1.54, 1.807) is 19.3 Å². The summed E-state index contributed by atoms with van der Waals surface area (Å²) in [4.78, 5) is 17.9. The Morgan fingerprint density at radius 1 is 1.33 bits per heavy atom. The van der Waals surface area contributed by atoms with Gasteiger partial charge in [-0.3, -0.25) is 9.78 Å². The van der Waals surface area contributed by atoms with Gasteiger partial charge < -0.3 is 16.0 Å². The molecule has 0 radical (unpaired) electrons. The number of amides is 1. The van der Waals surface area contributed by atoms with Gasteiger partial charge in [0.05, 0.1) is 0 Å². The van der Waals surface area contributed by atoms with E-state index >= 15 is 0 Å². The fourth-order valence-electron chi connectivity index (χ4n) is 2.14. The number of nitrogens with zero attached hydrogens (tertiary/aromatic N) is 2. The highest BCUT2D eigenvalue weighted by molar-refractivity contribution is 5.92. The summed E-state index contributed by atoms with van der Waals surface area (Å²) in [6, 6.07) is 11.5. The second-order valence-electron chi connectivity index (χ2n) is 4.69. The summed E-state index contributed by atoms with van der Waals surface area (Å²) in [5, 5.41) is 2.58. The van der Waals surface area contributed by atoms with E-state index in [9.17, 15) is 4.79 Å². The quantitative estimate of drug-likeness (QED) is 0.824. The molecule has 1 aromatic heterocycles. The Morgan fingerprint density at radius 3 is 2.76 bits per heavy atom. The third kappa shape index (κ3) is 3.51. The van der Waals surface area contributed by atoms with E-state index in [-0.39, 0.29) is 5.91 Å². The van der Waals surface area contributed by atoms with Crippen LogP contribution in [0.25, 0.3) is 0 Å². The number of nitrogens with one attached hydrogen (secondary N) is 1. The van der Waals surface area contributed by atoms with E-state index in [0.29, 0.717) is 12.2 Å². The molecule has 0 aliphatic rings. The molecule has 0 spiro atoms. The molecule has 0 aliphatic carbocycles. The standard InChI is InChI=1S/C16H20N4O/c1-3-20(11-12-6-4-5-7-14(12)17)13-8-9-19-15(10-13)16(21)18-2/h4-10H,3,11,17H2,1-2H3,(H,18,21). The number of anilines is 2. The zero-order valence-corrected chi connectivity index (χ0v) is 12.3. The Bertz CT molecular complexity index is 627. The normalized spacial score (nSPS) is 10.2. The number of pyridine rings is 1. The number of para-hydroxylation sites is 1. The molecule has 0 fully saturated rings. The third-order valence-corrected chi connectivity index (χ3v) is 3.37. The maximum atomic E-state index is 11.7. The Hall–Kier alpha value is -2.56. The van der Waals surface area contributed by atoms with Gasteiger partial charge in [0.25, 0.3) is 5.91 Å². The van der Waals surface area contributed by atoms with Crippen molar-refractivity contribution in [1.82, 2.24) is 10.3 Å². The predicted octanol–water partition coefficient (Wildman–Crippen LogP) is 2.05. The van der Waals surface area contributed by atoms with Gasteiger partial charge in [0.15, 0.2) is 0 Å². The molecule has 21 heavy (non-hydrogen) atoms. The average Bonchev–Trinajstić information content (AvgIpc) is 2.53. The van der Waals surface area contributed by atoms with Gasteiger partial charge in [-0.1, -0.05) is 18.2 Å². The number of nitrogen functional groups attached to an aromatic ring is 1. The van der Waals surface area contributed by atoms with Gasteiger partial charge in [0.2, 0.25) is 0 Å². The largest absolute Gasteiger partial charge is 0.398 e. The molecule has 0 saturated heterocycles. The van der Waals surface area contributed by atoms with E-state index in [1.165, 1.54) is 0 Å². The molecule has 0 aliphatic heterocycles. The zero-order valence-electron chi connectivity index (χ0n) is 12.3. The summed E-state index contributed by atoms with van der Waals surface area (Å²) in [6.45, 7) is 3.57. The second kappa shape index (κ2) is 6.74. The van der Waals surface area contributed by atoms with Crippen LogP contribution in [0, 0.1) is 0 Å². The maximum Gasteiger partial charge on any atom is 0.269 e. The molecule has 2 rings (SSSR count). The van der Waals surface area contributed by atoms with Crippen molar-refractivity contribution in [2.75, 3.05) is 24.2 Å². The van der Waals surface area contributed by atoms with Gasteiger partial charge in [0.1, 0.15) is 5.69 Å². The molecule has 3 N–H and O–H groups in total. The first kappa shape index (κ1) is 14.8. The zero-order chi connectivity index (χ0) is 15.2.